The van der Waals surface area contributed by atoms with E-state index in [-0.39, 0.29) is 19.4 Å². The summed E-state index contributed by atoms with van der Waals surface area (Å²) in [4.78, 5) is 5.15. The highest BCUT2D eigenvalue weighted by atomic mass is 32.2. The molecule has 1 aliphatic rings. The number of aromatic nitrogens is 2. The monoisotopic (exact) mass is 444 g/mol. The van der Waals surface area contributed by atoms with Gasteiger partial charge in [-0.05, 0) is 36.9 Å². The number of rotatable bonds is 6. The van der Waals surface area contributed by atoms with Crippen LogP contribution in [0, 0.1) is 11.3 Å². The fraction of sp³-hybridized carbons (Fsp3) is 0.364. The van der Waals surface area contributed by atoms with E-state index in [1.165, 1.54) is 11.8 Å². The maximum absolute atomic E-state index is 13.7. The third-order valence-electron chi connectivity index (χ3n) is 5.51. The van der Waals surface area contributed by atoms with Gasteiger partial charge < -0.3 is 15.2 Å². The topological polar surface area (TPSA) is 85.6 Å². The van der Waals surface area contributed by atoms with Crippen molar-refractivity contribution in [2.24, 2.45) is 5.73 Å². The van der Waals surface area contributed by atoms with Crippen LogP contribution in [0.1, 0.15) is 24.8 Å². The summed E-state index contributed by atoms with van der Waals surface area (Å²) in [6.45, 7) is -0.0922. The summed E-state index contributed by atoms with van der Waals surface area (Å²) in [6, 6.07) is 11.3. The summed E-state index contributed by atoms with van der Waals surface area (Å²) < 4.78 is 40.6. The Morgan fingerprint density at radius 1 is 1.32 bits per heavy atom. The molecule has 3 aromatic rings. The molecule has 0 aliphatic heterocycles. The van der Waals surface area contributed by atoms with Crippen molar-refractivity contribution >= 4 is 17.4 Å². The van der Waals surface area contributed by atoms with E-state index in [4.69, 9.17) is 15.2 Å². The predicted octanol–water partition coefficient (Wildman–Crippen LogP) is 4.50. The Hall–Kier alpha value is -2.83. The number of fused-ring (bicyclic) bond motifs is 1. The molecule has 9 heteroatoms. The molecule has 2 heterocycles. The number of thioether (sulfide) groups is 1. The van der Waals surface area contributed by atoms with E-state index in [1.807, 2.05) is 34.9 Å². The molecular weight excluding hydrogens is 422 g/mol. The lowest BCUT2D eigenvalue weighted by molar-refractivity contribution is 0.000376. The van der Waals surface area contributed by atoms with Gasteiger partial charge in [0.25, 0.3) is 0 Å². The van der Waals surface area contributed by atoms with Gasteiger partial charge in [-0.2, -0.15) is 5.26 Å². The van der Waals surface area contributed by atoms with Gasteiger partial charge in [0.15, 0.2) is 5.88 Å². The van der Waals surface area contributed by atoms with Gasteiger partial charge in [0, 0.05) is 23.3 Å². The van der Waals surface area contributed by atoms with Gasteiger partial charge in [-0.25, -0.2) is 13.8 Å². The van der Waals surface area contributed by atoms with Crippen LogP contribution in [0.2, 0.25) is 0 Å². The molecule has 1 atom stereocenters. The Bertz CT molecular complexity index is 1170. The number of ether oxygens (including phenoxy) is 2. The zero-order valence-corrected chi connectivity index (χ0v) is 18.0. The molecule has 1 fully saturated rings. The van der Waals surface area contributed by atoms with Crippen molar-refractivity contribution in [2.75, 3.05) is 20.0 Å². The number of benzene rings is 1. The van der Waals surface area contributed by atoms with Crippen LogP contribution in [0.25, 0.3) is 16.9 Å². The van der Waals surface area contributed by atoms with E-state index in [0.717, 1.165) is 11.3 Å². The lowest BCUT2D eigenvalue weighted by Crippen LogP contribution is -2.44. The fourth-order valence-corrected chi connectivity index (χ4v) is 4.56. The zero-order chi connectivity index (χ0) is 22.2. The first-order valence-corrected chi connectivity index (χ1v) is 10.9. The first-order valence-electron chi connectivity index (χ1n) is 9.72. The molecule has 6 nitrogen and oxygen atoms in total. The SMILES string of the molecule is COc1cccc2ncc(-c3cc(OC[C@]4(N)CCC(F)(F)C4)c(C#N)c(SC)c3)n12. The number of hydrogen-bond acceptors (Lipinski definition) is 6. The average molecular weight is 445 g/mol. The Balaban J connectivity index is 1.76. The van der Waals surface area contributed by atoms with E-state index in [9.17, 15) is 14.0 Å². The van der Waals surface area contributed by atoms with Gasteiger partial charge in [0.05, 0.1) is 24.5 Å². The molecule has 2 aromatic heterocycles. The number of imidazole rings is 1. The summed E-state index contributed by atoms with van der Waals surface area (Å²) >= 11 is 1.40. The largest absolute Gasteiger partial charge is 0.490 e. The number of nitrogens with zero attached hydrogens (tertiary/aromatic N) is 3. The van der Waals surface area contributed by atoms with Gasteiger partial charge in [-0.1, -0.05) is 6.07 Å². The van der Waals surface area contributed by atoms with Crippen LogP contribution in [0.3, 0.4) is 0 Å². The first kappa shape index (κ1) is 21.4. The number of pyridine rings is 1. The molecule has 4 rings (SSSR count). The van der Waals surface area contributed by atoms with Crippen LogP contribution in [0.15, 0.2) is 41.4 Å². The van der Waals surface area contributed by atoms with E-state index < -0.39 is 17.9 Å². The smallest absolute Gasteiger partial charge is 0.250 e. The van der Waals surface area contributed by atoms with Crippen molar-refractivity contribution in [2.45, 2.75) is 35.6 Å². The van der Waals surface area contributed by atoms with Crippen LogP contribution in [0.5, 0.6) is 11.6 Å². The number of nitrogens with two attached hydrogens (primary N) is 1. The molecule has 1 aliphatic carbocycles. The fourth-order valence-electron chi connectivity index (χ4n) is 3.96. The quantitative estimate of drug-likeness (QED) is 0.564. The van der Waals surface area contributed by atoms with Crippen molar-refractivity contribution in [1.82, 2.24) is 9.38 Å². The highest BCUT2D eigenvalue weighted by Gasteiger charge is 2.47. The molecule has 2 N–H and O–H groups in total. The molecule has 0 spiro atoms. The minimum Gasteiger partial charge on any atom is -0.490 e. The van der Waals surface area contributed by atoms with Crippen LogP contribution in [0.4, 0.5) is 8.78 Å². The maximum Gasteiger partial charge on any atom is 0.250 e. The average Bonchev–Trinajstić information content (AvgIpc) is 3.31. The van der Waals surface area contributed by atoms with Crippen molar-refractivity contribution in [3.63, 3.8) is 0 Å². The van der Waals surface area contributed by atoms with Crippen molar-refractivity contribution in [3.05, 3.63) is 42.1 Å². The van der Waals surface area contributed by atoms with Gasteiger partial charge >= 0.3 is 0 Å². The van der Waals surface area contributed by atoms with Crippen LogP contribution >= 0.6 is 11.8 Å². The van der Waals surface area contributed by atoms with Gasteiger partial charge in [-0.3, -0.25) is 4.40 Å². The summed E-state index contributed by atoms with van der Waals surface area (Å²) in [5.41, 5.74) is 7.62. The second-order valence-corrected chi connectivity index (χ2v) is 8.60. The predicted molar refractivity (Wildman–Crippen MR) is 115 cm³/mol. The lowest BCUT2D eigenvalue weighted by Gasteiger charge is -2.24. The minimum absolute atomic E-state index is 0.0922. The highest BCUT2D eigenvalue weighted by molar-refractivity contribution is 7.98. The maximum atomic E-state index is 13.7. The minimum atomic E-state index is -2.78. The van der Waals surface area contributed by atoms with Crippen molar-refractivity contribution in [1.29, 1.82) is 5.26 Å². The number of hydrogen-bond donors (Lipinski definition) is 1. The molecule has 162 valence electrons. The summed E-state index contributed by atoms with van der Waals surface area (Å²) in [5.74, 6) is -1.86. The lowest BCUT2D eigenvalue weighted by atomic mass is 10.0. The molecule has 31 heavy (non-hydrogen) atoms. The Morgan fingerprint density at radius 2 is 2.13 bits per heavy atom. The number of nitriles is 1. The Labute approximate surface area is 183 Å². The number of alkyl halides is 2. The third kappa shape index (κ3) is 4.05. The van der Waals surface area contributed by atoms with Crippen LogP contribution < -0.4 is 15.2 Å². The summed E-state index contributed by atoms with van der Waals surface area (Å²) in [5, 5.41) is 9.71. The molecular formula is C22H22F2N4O2S. The van der Waals surface area contributed by atoms with E-state index in [0.29, 0.717) is 27.7 Å². The molecule has 0 saturated heterocycles. The molecule has 0 bridgehead atoms. The van der Waals surface area contributed by atoms with Gasteiger partial charge in [0.2, 0.25) is 5.92 Å². The molecule has 0 amide bonds. The Kier molecular flexibility index (Phi) is 5.54. The zero-order valence-electron chi connectivity index (χ0n) is 17.2. The second-order valence-electron chi connectivity index (χ2n) is 7.75. The molecule has 1 saturated carbocycles. The van der Waals surface area contributed by atoms with Crippen LogP contribution in [-0.4, -0.2) is 40.8 Å². The van der Waals surface area contributed by atoms with Gasteiger partial charge in [-0.15, -0.1) is 11.8 Å². The molecule has 0 unspecified atom stereocenters. The highest BCUT2D eigenvalue weighted by Crippen LogP contribution is 2.41. The number of methoxy groups -OCH3 is 1. The molecule has 0 radical (unpaired) electrons. The van der Waals surface area contributed by atoms with E-state index >= 15 is 0 Å². The Morgan fingerprint density at radius 3 is 2.77 bits per heavy atom. The van der Waals surface area contributed by atoms with E-state index in [1.54, 1.807) is 19.4 Å². The molecule has 1 aromatic carbocycles. The van der Waals surface area contributed by atoms with Crippen molar-refractivity contribution < 1.29 is 18.3 Å². The summed E-state index contributed by atoms with van der Waals surface area (Å²) in [6.07, 6.45) is 3.06. The van der Waals surface area contributed by atoms with E-state index in [2.05, 4.69) is 11.1 Å². The standard InChI is InChI=1S/C22H22F2N4O2S/c1-29-20-5-3-4-19-27-11-16(28(19)20)14-8-17(15(10-25)18(9-14)31-2)30-13-21(26)6-7-22(23,24)12-21/h3-5,8-9,11H,6-7,12-13,26H2,1-2H3/t21-/m0/s1. The third-order valence-corrected chi connectivity index (χ3v) is 6.27. The van der Waals surface area contributed by atoms with Gasteiger partial charge in [0.1, 0.15) is 29.6 Å². The first-order chi connectivity index (χ1) is 14.8. The normalized spacial score (nSPS) is 20.0. The van der Waals surface area contributed by atoms with Crippen LogP contribution in [-0.2, 0) is 0 Å². The number of halogens is 2. The van der Waals surface area contributed by atoms with Crippen molar-refractivity contribution in [3.8, 4) is 29.0 Å². The second kappa shape index (κ2) is 8.02. The summed E-state index contributed by atoms with van der Waals surface area (Å²) in [7, 11) is 1.58.